The molecule has 0 amide bonds. The molecule has 18 heavy (non-hydrogen) atoms. The Kier molecular flexibility index (Phi) is 3.67. The average Bonchev–Trinajstić information content (AvgIpc) is 2.57. The summed E-state index contributed by atoms with van der Waals surface area (Å²) in [6, 6.07) is 8.44. The molecule has 1 N–H and O–H groups in total. The van der Waals surface area contributed by atoms with Crippen LogP contribution in [0.1, 0.15) is 32.3 Å². The Morgan fingerprint density at radius 2 is 2.00 bits per heavy atom. The number of rotatable bonds is 3. The largest absolute Gasteiger partial charge is 0.392 e. The molecule has 1 saturated carbocycles. The van der Waals surface area contributed by atoms with Gasteiger partial charge in [-0.15, -0.1) is 0 Å². The highest BCUT2D eigenvalue weighted by molar-refractivity contribution is 5.52. The van der Waals surface area contributed by atoms with Gasteiger partial charge < -0.3 is 10.0 Å². The van der Waals surface area contributed by atoms with Gasteiger partial charge in [-0.3, -0.25) is 0 Å². The van der Waals surface area contributed by atoms with Gasteiger partial charge in [0.05, 0.1) is 6.10 Å². The number of nitrogens with zero attached hydrogens (tertiary/aromatic N) is 1. The van der Waals surface area contributed by atoms with Crippen molar-refractivity contribution in [3.8, 4) is 0 Å². The highest BCUT2D eigenvalue weighted by Crippen LogP contribution is 2.41. The van der Waals surface area contributed by atoms with E-state index in [4.69, 9.17) is 0 Å². The highest BCUT2D eigenvalue weighted by Gasteiger charge is 2.40. The number of anilines is 1. The van der Waals surface area contributed by atoms with Crippen molar-refractivity contribution >= 4 is 5.69 Å². The maximum Gasteiger partial charge on any atom is 0.0636 e. The Hall–Kier alpha value is -1.02. The summed E-state index contributed by atoms with van der Waals surface area (Å²) in [7, 11) is 2.13. The van der Waals surface area contributed by atoms with E-state index >= 15 is 0 Å². The van der Waals surface area contributed by atoms with Crippen molar-refractivity contribution in [3.63, 3.8) is 0 Å². The Labute approximate surface area is 111 Å². The third kappa shape index (κ3) is 2.54. The van der Waals surface area contributed by atoms with Crippen molar-refractivity contribution in [1.82, 2.24) is 0 Å². The maximum atomic E-state index is 10.4. The first kappa shape index (κ1) is 13.4. The molecule has 0 aromatic heterocycles. The molecule has 100 valence electrons. The van der Waals surface area contributed by atoms with Gasteiger partial charge in [0.2, 0.25) is 0 Å². The predicted octanol–water partition coefficient (Wildman–Crippen LogP) is 3.23. The van der Waals surface area contributed by atoms with Crippen molar-refractivity contribution in [2.24, 2.45) is 11.3 Å². The van der Waals surface area contributed by atoms with Crippen LogP contribution in [0, 0.1) is 18.3 Å². The summed E-state index contributed by atoms with van der Waals surface area (Å²) < 4.78 is 0. The molecule has 1 aliphatic carbocycles. The van der Waals surface area contributed by atoms with E-state index < -0.39 is 0 Å². The Balaban J connectivity index is 2.05. The number of hydrogen-bond acceptors (Lipinski definition) is 2. The smallest absolute Gasteiger partial charge is 0.0636 e. The molecule has 2 nitrogen and oxygen atoms in total. The standard InChI is InChI=1S/C16H25NO/c1-12-7-5-6-8-14(12)17(4)11-13-9-10-16(2,3)15(13)18/h5-8,13,15,18H,9-11H2,1-4H3. The molecular formula is C16H25NO. The molecule has 1 aliphatic rings. The number of aryl methyl sites for hydroxylation is 1. The van der Waals surface area contributed by atoms with E-state index in [0.29, 0.717) is 5.92 Å². The van der Waals surface area contributed by atoms with Crippen molar-refractivity contribution in [1.29, 1.82) is 0 Å². The molecular weight excluding hydrogens is 222 g/mol. The fourth-order valence-electron chi connectivity index (χ4n) is 3.13. The summed E-state index contributed by atoms with van der Waals surface area (Å²) >= 11 is 0. The number of benzene rings is 1. The van der Waals surface area contributed by atoms with Gasteiger partial charge >= 0.3 is 0 Å². The van der Waals surface area contributed by atoms with Crippen LogP contribution in [0.4, 0.5) is 5.69 Å². The molecule has 0 heterocycles. The summed E-state index contributed by atoms with van der Waals surface area (Å²) in [5.41, 5.74) is 2.65. The van der Waals surface area contributed by atoms with Gasteiger partial charge in [0, 0.05) is 25.2 Å². The van der Waals surface area contributed by atoms with Crippen LogP contribution in [0.2, 0.25) is 0 Å². The molecule has 0 saturated heterocycles. The summed E-state index contributed by atoms with van der Waals surface area (Å²) in [5, 5.41) is 10.4. The summed E-state index contributed by atoms with van der Waals surface area (Å²) in [6.45, 7) is 7.42. The molecule has 2 heteroatoms. The van der Waals surface area contributed by atoms with Gasteiger partial charge in [-0.2, -0.15) is 0 Å². The molecule has 2 rings (SSSR count). The average molecular weight is 247 g/mol. The van der Waals surface area contributed by atoms with Crippen molar-refractivity contribution < 1.29 is 5.11 Å². The molecule has 2 atom stereocenters. The summed E-state index contributed by atoms with van der Waals surface area (Å²) in [5.74, 6) is 0.393. The molecule has 1 fully saturated rings. The number of aliphatic hydroxyl groups excluding tert-OH is 1. The zero-order chi connectivity index (χ0) is 13.3. The second kappa shape index (κ2) is 4.93. The Morgan fingerprint density at radius 1 is 1.33 bits per heavy atom. The first-order chi connectivity index (χ1) is 8.42. The minimum absolute atomic E-state index is 0.0806. The van der Waals surface area contributed by atoms with Gasteiger partial charge in [0.1, 0.15) is 0 Å². The molecule has 0 spiro atoms. The Bertz CT molecular complexity index is 413. The molecule has 0 radical (unpaired) electrons. The zero-order valence-corrected chi connectivity index (χ0v) is 12.0. The SMILES string of the molecule is Cc1ccccc1N(C)CC1CCC(C)(C)C1O. The van der Waals surface area contributed by atoms with Gasteiger partial charge in [-0.1, -0.05) is 32.0 Å². The van der Waals surface area contributed by atoms with E-state index in [2.05, 4.69) is 57.0 Å². The van der Waals surface area contributed by atoms with Crippen LogP contribution in [0.3, 0.4) is 0 Å². The van der Waals surface area contributed by atoms with E-state index in [1.807, 2.05) is 0 Å². The quantitative estimate of drug-likeness (QED) is 0.886. The highest BCUT2D eigenvalue weighted by atomic mass is 16.3. The molecule has 0 aliphatic heterocycles. The second-order valence-electron chi connectivity index (χ2n) is 6.40. The molecule has 1 aromatic rings. The number of para-hydroxylation sites is 1. The van der Waals surface area contributed by atoms with Crippen LogP contribution in [-0.4, -0.2) is 24.8 Å². The van der Waals surface area contributed by atoms with Crippen molar-refractivity contribution in [2.75, 3.05) is 18.5 Å². The molecule has 1 aromatic carbocycles. The van der Waals surface area contributed by atoms with Crippen LogP contribution in [0.15, 0.2) is 24.3 Å². The van der Waals surface area contributed by atoms with E-state index in [-0.39, 0.29) is 11.5 Å². The van der Waals surface area contributed by atoms with Crippen LogP contribution in [0.5, 0.6) is 0 Å². The minimum Gasteiger partial charge on any atom is -0.392 e. The van der Waals surface area contributed by atoms with Crippen molar-refractivity contribution in [3.05, 3.63) is 29.8 Å². The molecule has 0 bridgehead atoms. The van der Waals surface area contributed by atoms with E-state index in [0.717, 1.165) is 19.4 Å². The first-order valence-corrected chi connectivity index (χ1v) is 6.86. The molecule has 2 unspecified atom stereocenters. The fourth-order valence-corrected chi connectivity index (χ4v) is 3.13. The Morgan fingerprint density at radius 3 is 2.56 bits per heavy atom. The minimum atomic E-state index is -0.177. The van der Waals surface area contributed by atoms with Crippen molar-refractivity contribution in [2.45, 2.75) is 39.7 Å². The fraction of sp³-hybridized carbons (Fsp3) is 0.625. The summed E-state index contributed by atoms with van der Waals surface area (Å²) in [6.07, 6.45) is 2.08. The predicted molar refractivity (Wildman–Crippen MR) is 77.0 cm³/mol. The normalized spacial score (nSPS) is 26.3. The van der Waals surface area contributed by atoms with E-state index in [9.17, 15) is 5.11 Å². The lowest BCUT2D eigenvalue weighted by molar-refractivity contribution is 0.0484. The lowest BCUT2D eigenvalue weighted by Crippen LogP contribution is -2.35. The van der Waals surface area contributed by atoms with Crippen LogP contribution < -0.4 is 4.90 Å². The number of aliphatic hydroxyl groups is 1. The van der Waals surface area contributed by atoms with Gasteiger partial charge in [-0.25, -0.2) is 0 Å². The van der Waals surface area contributed by atoms with Crippen LogP contribution in [0.25, 0.3) is 0 Å². The monoisotopic (exact) mass is 247 g/mol. The van der Waals surface area contributed by atoms with Gasteiger partial charge in [0.15, 0.2) is 0 Å². The lowest BCUT2D eigenvalue weighted by atomic mass is 9.87. The second-order valence-corrected chi connectivity index (χ2v) is 6.40. The summed E-state index contributed by atoms with van der Waals surface area (Å²) in [4.78, 5) is 2.28. The maximum absolute atomic E-state index is 10.4. The topological polar surface area (TPSA) is 23.5 Å². The lowest BCUT2D eigenvalue weighted by Gasteiger charge is -2.30. The third-order valence-electron chi connectivity index (χ3n) is 4.44. The van der Waals surface area contributed by atoms with E-state index in [1.54, 1.807) is 0 Å². The zero-order valence-electron chi connectivity index (χ0n) is 12.0. The third-order valence-corrected chi connectivity index (χ3v) is 4.44. The first-order valence-electron chi connectivity index (χ1n) is 6.86. The van der Waals surface area contributed by atoms with Gasteiger partial charge in [0.25, 0.3) is 0 Å². The van der Waals surface area contributed by atoms with Crippen LogP contribution in [-0.2, 0) is 0 Å². The van der Waals surface area contributed by atoms with Gasteiger partial charge in [-0.05, 0) is 36.8 Å². The van der Waals surface area contributed by atoms with Crippen LogP contribution >= 0.6 is 0 Å². The number of hydrogen-bond donors (Lipinski definition) is 1. The van der Waals surface area contributed by atoms with E-state index in [1.165, 1.54) is 11.3 Å².